The van der Waals surface area contributed by atoms with Crippen molar-refractivity contribution in [3.63, 3.8) is 0 Å². The highest BCUT2D eigenvalue weighted by atomic mass is 14.5. The third-order valence-corrected chi connectivity index (χ3v) is 1.45. The van der Waals surface area contributed by atoms with Crippen molar-refractivity contribution in [2.45, 2.75) is 6.92 Å². The number of benzene rings is 1. The minimum absolute atomic E-state index is 0.773. The summed E-state index contributed by atoms with van der Waals surface area (Å²) in [5.74, 6) is 0. The van der Waals surface area contributed by atoms with Crippen LogP contribution in [-0.2, 0) is 0 Å². The molecule has 0 amide bonds. The lowest BCUT2D eigenvalue weighted by Crippen LogP contribution is -1.90. The Bertz CT molecular complexity index is 196. The Balaban J connectivity index is 3.25. The average molecular weight is 120 g/mol. The molecule has 1 heteroatoms. The van der Waals surface area contributed by atoms with Crippen LogP contribution in [0.25, 0.3) is 0 Å². The molecule has 0 saturated carbocycles. The molecule has 0 aliphatic carbocycles. The van der Waals surface area contributed by atoms with Crippen molar-refractivity contribution >= 4 is 5.69 Å². The Morgan fingerprint density at radius 2 is 2.11 bits per heavy atom. The van der Waals surface area contributed by atoms with Crippen LogP contribution in [0.15, 0.2) is 18.2 Å². The van der Waals surface area contributed by atoms with Crippen molar-refractivity contribution in [3.8, 4) is 0 Å². The van der Waals surface area contributed by atoms with E-state index in [1.807, 2.05) is 25.1 Å². The molecule has 0 bridgehead atoms. The van der Waals surface area contributed by atoms with Crippen molar-refractivity contribution < 1.29 is 0 Å². The summed E-state index contributed by atoms with van der Waals surface area (Å²) in [7, 11) is 0. The van der Waals surface area contributed by atoms with Gasteiger partial charge >= 0.3 is 0 Å². The van der Waals surface area contributed by atoms with Crippen LogP contribution < -0.4 is 5.73 Å². The summed E-state index contributed by atoms with van der Waals surface area (Å²) < 4.78 is 0. The van der Waals surface area contributed by atoms with Crippen molar-refractivity contribution in [3.05, 3.63) is 36.2 Å². The molecule has 1 aromatic carbocycles. The van der Waals surface area contributed by atoms with Crippen LogP contribution >= 0.6 is 0 Å². The first-order chi connectivity index (χ1) is 4.22. The molecule has 2 N–H and O–H groups in total. The van der Waals surface area contributed by atoms with Crippen LogP contribution in [0.5, 0.6) is 0 Å². The molecule has 0 heterocycles. The number of rotatable bonds is 0. The van der Waals surface area contributed by atoms with Gasteiger partial charge in [-0.1, -0.05) is 12.1 Å². The average Bonchev–Trinajstić information content (AvgIpc) is 1.83. The van der Waals surface area contributed by atoms with E-state index in [1.165, 1.54) is 0 Å². The van der Waals surface area contributed by atoms with E-state index in [9.17, 15) is 0 Å². The van der Waals surface area contributed by atoms with Crippen LogP contribution in [0.1, 0.15) is 11.1 Å². The zero-order valence-corrected chi connectivity index (χ0v) is 5.52. The first-order valence-corrected chi connectivity index (χ1v) is 2.89. The molecule has 0 unspecified atom stereocenters. The van der Waals surface area contributed by atoms with Crippen LogP contribution in [0.4, 0.5) is 5.69 Å². The van der Waals surface area contributed by atoms with E-state index >= 15 is 0 Å². The van der Waals surface area contributed by atoms with E-state index < -0.39 is 0 Å². The summed E-state index contributed by atoms with van der Waals surface area (Å²) >= 11 is 0. The summed E-state index contributed by atoms with van der Waals surface area (Å²) in [6.45, 7) is 5.79. The molecule has 0 aromatic heterocycles. The Labute approximate surface area is 55.5 Å². The second kappa shape index (κ2) is 2.09. The number of hydrogen-bond acceptors (Lipinski definition) is 1. The molecule has 0 spiro atoms. The van der Waals surface area contributed by atoms with Gasteiger partial charge in [0.1, 0.15) is 0 Å². The molecule has 0 aliphatic rings. The minimum atomic E-state index is 0.773. The summed E-state index contributed by atoms with van der Waals surface area (Å²) in [6, 6.07) is 5.79. The van der Waals surface area contributed by atoms with Gasteiger partial charge in [0.2, 0.25) is 0 Å². The van der Waals surface area contributed by atoms with Gasteiger partial charge in [-0.2, -0.15) is 0 Å². The maximum absolute atomic E-state index is 5.56. The Morgan fingerprint density at radius 3 is 2.56 bits per heavy atom. The van der Waals surface area contributed by atoms with Gasteiger partial charge < -0.3 is 5.73 Å². The standard InChI is InChI=1S/C8H10N/c1-6-4-3-5-8(9)7(6)2/h3-5H,2,9H2,1H3. The second-order valence-electron chi connectivity index (χ2n) is 2.14. The van der Waals surface area contributed by atoms with Gasteiger partial charge in [-0.3, -0.25) is 0 Å². The summed E-state index contributed by atoms with van der Waals surface area (Å²) in [5, 5.41) is 0. The van der Waals surface area contributed by atoms with Gasteiger partial charge in [-0.05, 0) is 31.0 Å². The zero-order valence-electron chi connectivity index (χ0n) is 5.52. The highest BCUT2D eigenvalue weighted by Crippen LogP contribution is 2.13. The Morgan fingerprint density at radius 1 is 1.44 bits per heavy atom. The van der Waals surface area contributed by atoms with Crippen molar-refractivity contribution in [1.29, 1.82) is 0 Å². The zero-order chi connectivity index (χ0) is 6.85. The Hall–Kier alpha value is -0.980. The quantitative estimate of drug-likeness (QED) is 0.519. The van der Waals surface area contributed by atoms with Crippen LogP contribution in [0.2, 0.25) is 0 Å². The van der Waals surface area contributed by atoms with Crippen LogP contribution in [0, 0.1) is 13.8 Å². The maximum atomic E-state index is 5.56. The summed E-state index contributed by atoms with van der Waals surface area (Å²) in [6.07, 6.45) is 0. The van der Waals surface area contributed by atoms with Gasteiger partial charge in [0.15, 0.2) is 0 Å². The normalized spacial score (nSPS) is 9.56. The van der Waals surface area contributed by atoms with Crippen molar-refractivity contribution in [2.75, 3.05) is 5.73 Å². The second-order valence-corrected chi connectivity index (χ2v) is 2.14. The van der Waals surface area contributed by atoms with Crippen LogP contribution in [-0.4, -0.2) is 0 Å². The SMILES string of the molecule is [CH2]c1c(C)cccc1N. The predicted octanol–water partition coefficient (Wildman–Crippen LogP) is 1.76. The fourth-order valence-corrected chi connectivity index (χ4v) is 0.725. The first-order valence-electron chi connectivity index (χ1n) is 2.89. The lowest BCUT2D eigenvalue weighted by Gasteiger charge is -2.00. The maximum Gasteiger partial charge on any atom is 0.0349 e. The largest absolute Gasteiger partial charge is 0.398 e. The van der Waals surface area contributed by atoms with Gasteiger partial charge in [0, 0.05) is 5.69 Å². The number of nitrogens with two attached hydrogens (primary N) is 1. The van der Waals surface area contributed by atoms with E-state index in [2.05, 4.69) is 6.92 Å². The fraction of sp³-hybridized carbons (Fsp3) is 0.125. The third-order valence-electron chi connectivity index (χ3n) is 1.45. The van der Waals surface area contributed by atoms with Gasteiger partial charge in [-0.15, -0.1) is 0 Å². The smallest absolute Gasteiger partial charge is 0.0349 e. The summed E-state index contributed by atoms with van der Waals surface area (Å²) in [5.41, 5.74) is 8.42. The van der Waals surface area contributed by atoms with E-state index in [4.69, 9.17) is 5.73 Å². The molecule has 1 rings (SSSR count). The van der Waals surface area contributed by atoms with Crippen molar-refractivity contribution in [1.82, 2.24) is 0 Å². The minimum Gasteiger partial charge on any atom is -0.398 e. The van der Waals surface area contributed by atoms with E-state index in [0.717, 1.165) is 16.8 Å². The molecule has 0 atom stereocenters. The van der Waals surface area contributed by atoms with Crippen LogP contribution in [0.3, 0.4) is 0 Å². The van der Waals surface area contributed by atoms with E-state index in [0.29, 0.717) is 0 Å². The monoisotopic (exact) mass is 120 g/mol. The Kier molecular flexibility index (Phi) is 1.43. The van der Waals surface area contributed by atoms with Crippen molar-refractivity contribution in [2.24, 2.45) is 0 Å². The molecule has 0 saturated heterocycles. The molecular formula is C8H10N. The highest BCUT2D eigenvalue weighted by Gasteiger charge is 1.92. The van der Waals surface area contributed by atoms with E-state index in [-0.39, 0.29) is 0 Å². The lowest BCUT2D eigenvalue weighted by molar-refractivity contribution is 1.42. The molecule has 1 aromatic rings. The topological polar surface area (TPSA) is 26.0 Å². The van der Waals surface area contributed by atoms with Gasteiger partial charge in [0.05, 0.1) is 0 Å². The molecular weight excluding hydrogens is 110 g/mol. The predicted molar refractivity (Wildman–Crippen MR) is 40.1 cm³/mol. The molecule has 47 valence electrons. The van der Waals surface area contributed by atoms with E-state index in [1.54, 1.807) is 0 Å². The number of aryl methyl sites for hydroxylation is 1. The van der Waals surface area contributed by atoms with Gasteiger partial charge in [0.25, 0.3) is 0 Å². The first kappa shape index (κ1) is 6.14. The highest BCUT2D eigenvalue weighted by molar-refractivity contribution is 5.51. The lowest BCUT2D eigenvalue weighted by atomic mass is 10.1. The summed E-state index contributed by atoms with van der Waals surface area (Å²) in [4.78, 5) is 0. The molecule has 1 nitrogen and oxygen atoms in total. The molecule has 9 heavy (non-hydrogen) atoms. The number of hydrogen-bond donors (Lipinski definition) is 1. The molecule has 0 aliphatic heterocycles. The fourth-order valence-electron chi connectivity index (χ4n) is 0.725. The number of anilines is 1. The molecule has 0 fully saturated rings. The third kappa shape index (κ3) is 1.04. The number of nitrogen functional groups attached to an aromatic ring is 1. The van der Waals surface area contributed by atoms with Gasteiger partial charge in [-0.25, -0.2) is 0 Å². The molecule has 1 radical (unpaired) electrons.